The van der Waals surface area contributed by atoms with Crippen molar-refractivity contribution in [3.63, 3.8) is 0 Å². The van der Waals surface area contributed by atoms with Gasteiger partial charge >= 0.3 is 0 Å². The summed E-state index contributed by atoms with van der Waals surface area (Å²) in [6.45, 7) is 1.86. The number of carbonyl (C=O) groups excluding carboxylic acids is 1. The average Bonchev–Trinajstić information content (AvgIpc) is 2.14. The molecule has 3 nitrogen and oxygen atoms in total. The molecule has 13 heavy (non-hydrogen) atoms. The molecule has 0 saturated heterocycles. The van der Waals surface area contributed by atoms with Crippen LogP contribution >= 0.6 is 0 Å². The van der Waals surface area contributed by atoms with Crippen molar-refractivity contribution in [2.45, 2.75) is 39.0 Å². The van der Waals surface area contributed by atoms with E-state index >= 15 is 0 Å². The lowest BCUT2D eigenvalue weighted by Crippen LogP contribution is -2.10. The highest BCUT2D eigenvalue weighted by Gasteiger charge is 2.11. The van der Waals surface area contributed by atoms with E-state index in [1.165, 1.54) is 0 Å². The lowest BCUT2D eigenvalue weighted by Gasteiger charge is -2.06. The largest absolute Gasteiger partial charge is 0.299 e. The zero-order chi connectivity index (χ0) is 10.1. The highest BCUT2D eigenvalue weighted by Crippen LogP contribution is 2.11. The summed E-state index contributed by atoms with van der Waals surface area (Å²) in [6.07, 6.45) is 2.70. The van der Waals surface area contributed by atoms with Crippen LogP contribution < -0.4 is 0 Å². The van der Waals surface area contributed by atoms with Gasteiger partial charge in [-0.1, -0.05) is 6.92 Å². The molecule has 0 aliphatic rings. The molecular formula is C10H14N2O. The van der Waals surface area contributed by atoms with Gasteiger partial charge in [-0.25, -0.2) is 0 Å². The van der Waals surface area contributed by atoms with Gasteiger partial charge < -0.3 is 0 Å². The van der Waals surface area contributed by atoms with Gasteiger partial charge in [0.15, 0.2) is 0 Å². The third-order valence-corrected chi connectivity index (χ3v) is 1.96. The van der Waals surface area contributed by atoms with E-state index in [9.17, 15) is 4.79 Å². The van der Waals surface area contributed by atoms with Crippen LogP contribution in [0.5, 0.6) is 0 Å². The Bertz CT molecular complexity index is 234. The summed E-state index contributed by atoms with van der Waals surface area (Å²) >= 11 is 0. The molecule has 0 aromatic rings. The fourth-order valence-electron chi connectivity index (χ4n) is 1.07. The molecule has 0 amide bonds. The minimum absolute atomic E-state index is 0.00157. The van der Waals surface area contributed by atoms with E-state index in [0.717, 1.165) is 12.8 Å². The molecule has 0 N–H and O–H groups in total. The normalized spacial score (nSPS) is 11.3. The Balaban J connectivity index is 3.59. The predicted molar refractivity (Wildman–Crippen MR) is 48.5 cm³/mol. The first kappa shape index (κ1) is 11.6. The van der Waals surface area contributed by atoms with Crippen LogP contribution in [0.3, 0.4) is 0 Å². The number of ketones is 1. The standard InChI is InChI=1S/C10H14N2O/c1-9(5-2-3-7-11)10(13)6-4-8-12/h9H,2-6H2,1H3. The number of carbonyl (C=O) groups is 1. The monoisotopic (exact) mass is 178 g/mol. The molecule has 3 heteroatoms. The molecule has 0 bridgehead atoms. The molecule has 0 aliphatic carbocycles. The molecule has 0 fully saturated rings. The predicted octanol–water partition coefficient (Wildman–Crippen LogP) is 2.19. The summed E-state index contributed by atoms with van der Waals surface area (Å²) in [5.74, 6) is 0.140. The average molecular weight is 178 g/mol. The molecular weight excluding hydrogens is 164 g/mol. The summed E-state index contributed by atoms with van der Waals surface area (Å²) in [5, 5.41) is 16.5. The highest BCUT2D eigenvalue weighted by molar-refractivity contribution is 5.80. The van der Waals surface area contributed by atoms with E-state index in [1.807, 2.05) is 19.1 Å². The van der Waals surface area contributed by atoms with E-state index in [4.69, 9.17) is 10.5 Å². The molecule has 1 atom stereocenters. The maximum atomic E-state index is 11.3. The summed E-state index contributed by atoms with van der Waals surface area (Å²) in [4.78, 5) is 11.3. The van der Waals surface area contributed by atoms with Gasteiger partial charge in [-0.2, -0.15) is 10.5 Å². The number of hydrogen-bond donors (Lipinski definition) is 0. The zero-order valence-corrected chi connectivity index (χ0v) is 7.92. The van der Waals surface area contributed by atoms with E-state index in [1.54, 1.807) is 0 Å². The molecule has 0 aliphatic heterocycles. The summed E-state index contributed by atoms with van der Waals surface area (Å²) in [7, 11) is 0. The van der Waals surface area contributed by atoms with Crippen molar-refractivity contribution in [1.29, 1.82) is 10.5 Å². The van der Waals surface area contributed by atoms with E-state index in [-0.39, 0.29) is 11.7 Å². The van der Waals surface area contributed by atoms with Gasteiger partial charge in [-0.3, -0.25) is 4.79 Å². The number of nitriles is 2. The topological polar surface area (TPSA) is 64.7 Å². The molecule has 0 saturated carbocycles. The minimum atomic E-state index is 0.00157. The van der Waals surface area contributed by atoms with Crippen LogP contribution in [-0.2, 0) is 4.79 Å². The second-order valence-corrected chi connectivity index (χ2v) is 3.08. The third-order valence-electron chi connectivity index (χ3n) is 1.96. The molecule has 0 spiro atoms. The van der Waals surface area contributed by atoms with Gasteiger partial charge in [0.25, 0.3) is 0 Å². The van der Waals surface area contributed by atoms with Crippen LogP contribution in [0, 0.1) is 28.6 Å². The van der Waals surface area contributed by atoms with Gasteiger partial charge in [-0.05, 0) is 12.8 Å². The Hall–Kier alpha value is -1.35. The van der Waals surface area contributed by atoms with Crippen LogP contribution in [-0.4, -0.2) is 5.78 Å². The maximum Gasteiger partial charge on any atom is 0.136 e. The van der Waals surface area contributed by atoms with Crippen LogP contribution in [0.15, 0.2) is 0 Å². The Morgan fingerprint density at radius 3 is 2.46 bits per heavy atom. The molecule has 70 valence electrons. The van der Waals surface area contributed by atoms with Crippen molar-refractivity contribution >= 4 is 5.78 Å². The Labute approximate surface area is 79.0 Å². The van der Waals surface area contributed by atoms with Crippen LogP contribution in [0.1, 0.15) is 39.0 Å². The second kappa shape index (κ2) is 7.31. The molecule has 0 heterocycles. The zero-order valence-electron chi connectivity index (χ0n) is 7.92. The lowest BCUT2D eigenvalue weighted by atomic mass is 9.97. The molecule has 0 aromatic carbocycles. The van der Waals surface area contributed by atoms with Gasteiger partial charge in [0.05, 0.1) is 12.1 Å². The van der Waals surface area contributed by atoms with Crippen molar-refractivity contribution in [1.82, 2.24) is 0 Å². The molecule has 1 unspecified atom stereocenters. The Morgan fingerprint density at radius 1 is 1.31 bits per heavy atom. The highest BCUT2D eigenvalue weighted by atomic mass is 16.1. The van der Waals surface area contributed by atoms with Gasteiger partial charge in [0.2, 0.25) is 0 Å². The van der Waals surface area contributed by atoms with Crippen molar-refractivity contribution in [3.05, 3.63) is 0 Å². The van der Waals surface area contributed by atoms with Crippen molar-refractivity contribution < 1.29 is 4.79 Å². The number of hydrogen-bond acceptors (Lipinski definition) is 3. The number of unbranched alkanes of at least 4 members (excludes halogenated alkanes) is 1. The first-order chi connectivity index (χ1) is 6.22. The lowest BCUT2D eigenvalue weighted by molar-refractivity contribution is -0.122. The fourth-order valence-corrected chi connectivity index (χ4v) is 1.07. The fraction of sp³-hybridized carbons (Fsp3) is 0.700. The van der Waals surface area contributed by atoms with Crippen molar-refractivity contribution in [3.8, 4) is 12.1 Å². The summed E-state index contributed by atoms with van der Waals surface area (Å²) in [6, 6.07) is 3.99. The number of Topliss-reactive ketones (excluding diaryl/α,β-unsaturated/α-hetero) is 1. The first-order valence-electron chi connectivity index (χ1n) is 4.49. The molecule has 0 rings (SSSR count). The van der Waals surface area contributed by atoms with Crippen LogP contribution in [0.4, 0.5) is 0 Å². The number of nitrogens with zero attached hydrogens (tertiary/aromatic N) is 2. The summed E-state index contributed by atoms with van der Waals surface area (Å²) < 4.78 is 0. The SMILES string of the molecule is CC(CCCC#N)C(=O)CCC#N. The van der Waals surface area contributed by atoms with Gasteiger partial charge in [0, 0.05) is 25.2 Å². The molecule has 0 aromatic heterocycles. The van der Waals surface area contributed by atoms with Gasteiger partial charge in [0.1, 0.15) is 5.78 Å². The smallest absolute Gasteiger partial charge is 0.136 e. The number of rotatable bonds is 6. The van der Waals surface area contributed by atoms with E-state index in [0.29, 0.717) is 19.3 Å². The van der Waals surface area contributed by atoms with Crippen molar-refractivity contribution in [2.75, 3.05) is 0 Å². The first-order valence-corrected chi connectivity index (χ1v) is 4.49. The maximum absolute atomic E-state index is 11.3. The van der Waals surface area contributed by atoms with Crippen molar-refractivity contribution in [2.24, 2.45) is 5.92 Å². The summed E-state index contributed by atoms with van der Waals surface area (Å²) in [5.41, 5.74) is 0. The van der Waals surface area contributed by atoms with Gasteiger partial charge in [-0.15, -0.1) is 0 Å². The van der Waals surface area contributed by atoms with Crippen LogP contribution in [0.25, 0.3) is 0 Å². The van der Waals surface area contributed by atoms with Crippen LogP contribution in [0.2, 0.25) is 0 Å². The molecule has 0 radical (unpaired) electrons. The Morgan fingerprint density at radius 2 is 1.92 bits per heavy atom. The van der Waals surface area contributed by atoms with E-state index in [2.05, 4.69) is 0 Å². The second-order valence-electron chi connectivity index (χ2n) is 3.08. The quantitative estimate of drug-likeness (QED) is 0.585. The minimum Gasteiger partial charge on any atom is -0.299 e. The van der Waals surface area contributed by atoms with E-state index < -0.39 is 0 Å². The third kappa shape index (κ3) is 5.87. The Kier molecular flexibility index (Phi) is 6.55.